The van der Waals surface area contributed by atoms with Gasteiger partial charge >= 0.3 is 6.09 Å². The van der Waals surface area contributed by atoms with Gasteiger partial charge in [-0.2, -0.15) is 0 Å². The first-order valence-electron chi connectivity index (χ1n) is 7.05. The summed E-state index contributed by atoms with van der Waals surface area (Å²) in [5, 5.41) is 9.43. The molecule has 1 aliphatic carbocycles. The molecular formula is C17H18N2O2. The number of benzene rings is 2. The maximum atomic E-state index is 11.5. The van der Waals surface area contributed by atoms with Gasteiger partial charge < -0.3 is 10.8 Å². The fourth-order valence-electron chi connectivity index (χ4n) is 2.53. The molecule has 0 unspecified atom stereocenters. The van der Waals surface area contributed by atoms with Crippen LogP contribution in [-0.4, -0.2) is 17.2 Å². The molecule has 1 amide bonds. The average molecular weight is 282 g/mol. The lowest BCUT2D eigenvalue weighted by atomic mass is 10.1. The Morgan fingerprint density at radius 3 is 2.29 bits per heavy atom. The van der Waals surface area contributed by atoms with Crippen molar-refractivity contribution in [1.82, 2.24) is 0 Å². The summed E-state index contributed by atoms with van der Waals surface area (Å²) < 4.78 is 0. The molecule has 0 spiro atoms. The molecule has 0 saturated heterocycles. The Hall–Kier alpha value is -2.33. The second-order valence-electron chi connectivity index (χ2n) is 5.45. The Bertz CT molecular complexity index is 625. The van der Waals surface area contributed by atoms with Crippen molar-refractivity contribution in [3.05, 3.63) is 65.7 Å². The number of carboxylic acid groups (broad SMARTS) is 1. The average Bonchev–Trinajstić information content (AvgIpc) is 3.23. The normalized spacial score (nSPS) is 20.0. The predicted molar refractivity (Wildman–Crippen MR) is 82.4 cm³/mol. The van der Waals surface area contributed by atoms with Gasteiger partial charge in [0.25, 0.3) is 0 Å². The molecule has 1 saturated carbocycles. The molecule has 2 atom stereocenters. The molecule has 3 rings (SSSR count). The Balaban J connectivity index is 1.79. The van der Waals surface area contributed by atoms with Gasteiger partial charge in [0.15, 0.2) is 0 Å². The highest BCUT2D eigenvalue weighted by Crippen LogP contribution is 2.39. The van der Waals surface area contributed by atoms with E-state index in [1.165, 1.54) is 10.5 Å². The highest BCUT2D eigenvalue weighted by molar-refractivity contribution is 5.85. The van der Waals surface area contributed by atoms with Crippen molar-refractivity contribution in [1.29, 1.82) is 0 Å². The number of nitrogens with two attached hydrogens (primary N) is 1. The molecule has 4 heteroatoms. The third-order valence-corrected chi connectivity index (χ3v) is 3.89. The molecule has 1 fully saturated rings. The van der Waals surface area contributed by atoms with Crippen LogP contribution in [0.15, 0.2) is 54.6 Å². The number of carbonyl (C=O) groups is 1. The maximum Gasteiger partial charge on any atom is 0.412 e. The molecule has 3 N–H and O–H groups in total. The van der Waals surface area contributed by atoms with Crippen LogP contribution < -0.4 is 10.6 Å². The second-order valence-corrected chi connectivity index (χ2v) is 5.45. The van der Waals surface area contributed by atoms with Gasteiger partial charge in [0.2, 0.25) is 0 Å². The summed E-state index contributed by atoms with van der Waals surface area (Å²) in [5.74, 6) is 0.437. The highest BCUT2D eigenvalue weighted by atomic mass is 16.4. The van der Waals surface area contributed by atoms with E-state index in [4.69, 9.17) is 5.73 Å². The number of hydrogen-bond donors (Lipinski definition) is 2. The van der Waals surface area contributed by atoms with Gasteiger partial charge in [-0.3, -0.25) is 4.90 Å². The van der Waals surface area contributed by atoms with Crippen LogP contribution >= 0.6 is 0 Å². The molecule has 0 radical (unpaired) electrons. The Morgan fingerprint density at radius 1 is 1.14 bits per heavy atom. The Kier molecular flexibility index (Phi) is 3.62. The standard InChI is InChI=1S/C17H18N2O2/c18-16-10-15(16)13-6-8-14(9-7-13)19(17(20)21)11-12-4-2-1-3-5-12/h1-9,15-16H,10-11,18H2,(H,20,21)/t15-,16+/m0/s1. The van der Waals surface area contributed by atoms with Crippen LogP contribution in [0.5, 0.6) is 0 Å². The summed E-state index contributed by atoms with van der Waals surface area (Å²) in [6.45, 7) is 0.346. The van der Waals surface area contributed by atoms with E-state index in [0.717, 1.165) is 12.0 Å². The third-order valence-electron chi connectivity index (χ3n) is 3.89. The molecule has 108 valence electrons. The molecular weight excluding hydrogens is 264 g/mol. The predicted octanol–water partition coefficient (Wildman–Crippen LogP) is 3.19. The number of nitrogens with zero attached hydrogens (tertiary/aromatic N) is 1. The molecule has 0 heterocycles. The zero-order valence-electron chi connectivity index (χ0n) is 11.6. The summed E-state index contributed by atoms with van der Waals surface area (Å²) in [7, 11) is 0. The van der Waals surface area contributed by atoms with E-state index in [9.17, 15) is 9.90 Å². The van der Waals surface area contributed by atoms with Crippen molar-refractivity contribution in [2.75, 3.05) is 4.90 Å². The van der Waals surface area contributed by atoms with Crippen molar-refractivity contribution in [3.63, 3.8) is 0 Å². The molecule has 2 aromatic carbocycles. The largest absolute Gasteiger partial charge is 0.465 e. The van der Waals surface area contributed by atoms with Crippen molar-refractivity contribution >= 4 is 11.8 Å². The van der Waals surface area contributed by atoms with Crippen LogP contribution in [-0.2, 0) is 6.54 Å². The molecule has 4 nitrogen and oxygen atoms in total. The van der Waals surface area contributed by atoms with E-state index in [-0.39, 0.29) is 6.04 Å². The van der Waals surface area contributed by atoms with Crippen molar-refractivity contribution in [2.45, 2.75) is 24.9 Å². The Labute approximate surface area is 123 Å². The van der Waals surface area contributed by atoms with Crippen molar-refractivity contribution in [2.24, 2.45) is 5.73 Å². The minimum absolute atomic E-state index is 0.260. The fourth-order valence-corrected chi connectivity index (χ4v) is 2.53. The zero-order chi connectivity index (χ0) is 14.8. The Morgan fingerprint density at radius 2 is 1.76 bits per heavy atom. The monoisotopic (exact) mass is 282 g/mol. The van der Waals surface area contributed by atoms with E-state index in [1.807, 2.05) is 54.6 Å². The van der Waals surface area contributed by atoms with Gasteiger partial charge in [0, 0.05) is 17.6 Å². The second kappa shape index (κ2) is 5.58. The van der Waals surface area contributed by atoms with Crippen molar-refractivity contribution in [3.8, 4) is 0 Å². The van der Waals surface area contributed by atoms with Gasteiger partial charge in [-0.25, -0.2) is 4.79 Å². The van der Waals surface area contributed by atoms with Crippen molar-refractivity contribution < 1.29 is 9.90 Å². The lowest BCUT2D eigenvalue weighted by molar-refractivity contribution is 0.201. The number of rotatable bonds is 4. The molecule has 21 heavy (non-hydrogen) atoms. The van der Waals surface area contributed by atoms with Crippen LogP contribution in [0.1, 0.15) is 23.5 Å². The molecule has 1 aliphatic rings. The van der Waals surface area contributed by atoms with Crippen LogP contribution in [0, 0.1) is 0 Å². The lowest BCUT2D eigenvalue weighted by Gasteiger charge is -2.19. The maximum absolute atomic E-state index is 11.5. The molecule has 0 aliphatic heterocycles. The van der Waals surface area contributed by atoms with Gasteiger partial charge in [-0.05, 0) is 29.7 Å². The molecule has 0 bridgehead atoms. The van der Waals surface area contributed by atoms with Crippen LogP contribution in [0.4, 0.5) is 10.5 Å². The van der Waals surface area contributed by atoms with E-state index in [0.29, 0.717) is 18.2 Å². The van der Waals surface area contributed by atoms with Crippen LogP contribution in [0.25, 0.3) is 0 Å². The molecule has 0 aromatic heterocycles. The minimum atomic E-state index is -0.949. The first-order valence-corrected chi connectivity index (χ1v) is 7.05. The van der Waals surface area contributed by atoms with Crippen LogP contribution in [0.3, 0.4) is 0 Å². The van der Waals surface area contributed by atoms with E-state index in [2.05, 4.69) is 0 Å². The quantitative estimate of drug-likeness (QED) is 0.905. The van der Waals surface area contributed by atoms with Gasteiger partial charge in [-0.15, -0.1) is 0 Å². The van der Waals surface area contributed by atoms with Gasteiger partial charge in [0.1, 0.15) is 0 Å². The smallest absolute Gasteiger partial charge is 0.412 e. The summed E-state index contributed by atoms with van der Waals surface area (Å²) in [5.41, 5.74) is 8.68. The lowest BCUT2D eigenvalue weighted by Crippen LogP contribution is -2.28. The SMILES string of the molecule is N[C@@H]1C[C@H]1c1ccc(N(Cc2ccccc2)C(=O)O)cc1. The van der Waals surface area contributed by atoms with Crippen LogP contribution in [0.2, 0.25) is 0 Å². The summed E-state index contributed by atoms with van der Waals surface area (Å²) in [6, 6.07) is 17.5. The summed E-state index contributed by atoms with van der Waals surface area (Å²) in [4.78, 5) is 12.8. The van der Waals surface area contributed by atoms with E-state index < -0.39 is 6.09 Å². The summed E-state index contributed by atoms with van der Waals surface area (Å²) in [6.07, 6.45) is 0.0705. The topological polar surface area (TPSA) is 66.6 Å². The van der Waals surface area contributed by atoms with E-state index >= 15 is 0 Å². The summed E-state index contributed by atoms with van der Waals surface area (Å²) >= 11 is 0. The third kappa shape index (κ3) is 3.06. The first kappa shape index (κ1) is 13.6. The van der Waals surface area contributed by atoms with Gasteiger partial charge in [-0.1, -0.05) is 42.5 Å². The number of amides is 1. The molecule has 2 aromatic rings. The first-order chi connectivity index (χ1) is 10.1. The number of anilines is 1. The fraction of sp³-hybridized carbons (Fsp3) is 0.235. The van der Waals surface area contributed by atoms with Gasteiger partial charge in [0.05, 0.1) is 6.54 Å². The zero-order valence-corrected chi connectivity index (χ0v) is 11.6. The van der Waals surface area contributed by atoms with E-state index in [1.54, 1.807) is 0 Å². The number of hydrogen-bond acceptors (Lipinski definition) is 2. The highest BCUT2D eigenvalue weighted by Gasteiger charge is 2.34. The minimum Gasteiger partial charge on any atom is -0.465 e.